The van der Waals surface area contributed by atoms with Crippen molar-refractivity contribution < 1.29 is 23.9 Å². The molecule has 0 bridgehead atoms. The third kappa shape index (κ3) is 7.79. The zero-order chi connectivity index (χ0) is 35.4. The molecule has 260 valence electrons. The van der Waals surface area contributed by atoms with E-state index in [2.05, 4.69) is 40.0 Å². The summed E-state index contributed by atoms with van der Waals surface area (Å²) in [6, 6.07) is 14.0. The van der Waals surface area contributed by atoms with Crippen LogP contribution in [-0.2, 0) is 19.2 Å². The normalized spacial score (nSPS) is 16.8. The minimum Gasteiger partial charge on any atom is -0.484 e. The number of hydrogen-bond donors (Lipinski definition) is 3. The average Bonchev–Trinajstić information content (AvgIpc) is 3.57. The maximum atomic E-state index is 13.2. The second-order valence-electron chi connectivity index (χ2n) is 12.4. The maximum Gasteiger partial charge on any atom is 0.257 e. The first-order valence-corrected chi connectivity index (χ1v) is 17.7. The number of fused-ring (bicyclic) bond motifs is 3. The number of piperidine rings is 1. The summed E-state index contributed by atoms with van der Waals surface area (Å²) in [5, 5.41) is 18.6. The molecule has 0 spiro atoms. The van der Waals surface area contributed by atoms with Crippen molar-refractivity contribution in [3.05, 3.63) is 92.3 Å². The van der Waals surface area contributed by atoms with Gasteiger partial charge in [-0.25, -0.2) is 0 Å². The maximum absolute atomic E-state index is 13.2. The van der Waals surface area contributed by atoms with E-state index in [9.17, 15) is 19.2 Å². The molecular formula is C36H38ClN7O5S. The Morgan fingerprint density at radius 1 is 1.02 bits per heavy atom. The van der Waals surface area contributed by atoms with Gasteiger partial charge >= 0.3 is 0 Å². The molecule has 0 saturated carbocycles. The lowest BCUT2D eigenvalue weighted by Gasteiger charge is -2.21. The van der Waals surface area contributed by atoms with Crippen molar-refractivity contribution >= 4 is 52.3 Å². The molecule has 1 saturated heterocycles. The minimum absolute atomic E-state index is 0.0982. The predicted octanol–water partition coefficient (Wildman–Crippen LogP) is 4.80. The van der Waals surface area contributed by atoms with Crippen LogP contribution in [0.2, 0.25) is 5.02 Å². The van der Waals surface area contributed by atoms with Crippen LogP contribution >= 0.6 is 22.9 Å². The fourth-order valence-corrected chi connectivity index (χ4v) is 7.46. The number of aliphatic imine (C=N–C) groups is 1. The summed E-state index contributed by atoms with van der Waals surface area (Å²) in [7, 11) is 0. The van der Waals surface area contributed by atoms with Gasteiger partial charge in [0.25, 0.3) is 5.91 Å². The first-order chi connectivity index (χ1) is 24.1. The Bertz CT molecular complexity index is 1970. The Labute approximate surface area is 298 Å². The highest BCUT2D eigenvalue weighted by Crippen LogP contribution is 2.39. The van der Waals surface area contributed by atoms with Crippen LogP contribution in [0, 0.1) is 20.8 Å². The molecule has 6 rings (SSSR count). The number of hydrogen-bond acceptors (Lipinski definition) is 9. The fourth-order valence-electron chi connectivity index (χ4n) is 6.12. The monoisotopic (exact) mass is 715 g/mol. The smallest absolute Gasteiger partial charge is 0.257 e. The molecule has 4 heterocycles. The third-order valence-electron chi connectivity index (χ3n) is 8.85. The van der Waals surface area contributed by atoms with E-state index in [1.807, 2.05) is 41.8 Å². The Hall–Kier alpha value is -4.88. The number of thiophene rings is 1. The lowest BCUT2D eigenvalue weighted by molar-refractivity contribution is -0.134. The number of ether oxygens (including phenoxy) is 1. The van der Waals surface area contributed by atoms with Crippen LogP contribution in [0.25, 0.3) is 5.00 Å². The summed E-state index contributed by atoms with van der Waals surface area (Å²) in [6.07, 6.45) is 2.14. The fraction of sp³-hybridized carbons (Fsp3) is 0.361. The Morgan fingerprint density at radius 2 is 1.76 bits per heavy atom. The highest BCUT2D eigenvalue weighted by Gasteiger charge is 2.32. The molecule has 3 N–H and O–H groups in total. The van der Waals surface area contributed by atoms with Crippen LogP contribution in [0.15, 0.2) is 53.5 Å². The van der Waals surface area contributed by atoms with Gasteiger partial charge in [0, 0.05) is 40.5 Å². The van der Waals surface area contributed by atoms with Gasteiger partial charge in [-0.3, -0.25) is 34.1 Å². The summed E-state index contributed by atoms with van der Waals surface area (Å²) in [4.78, 5) is 55.6. The molecule has 1 fully saturated rings. The number of rotatable bonds is 12. The topological polar surface area (TPSA) is 157 Å². The molecular weight excluding hydrogens is 678 g/mol. The summed E-state index contributed by atoms with van der Waals surface area (Å²) >= 11 is 7.86. The number of unbranched alkanes of at least 4 members (excludes halogenated alkanes) is 1. The molecule has 14 heteroatoms. The van der Waals surface area contributed by atoms with Crippen molar-refractivity contribution in [2.24, 2.45) is 4.99 Å². The predicted molar refractivity (Wildman–Crippen MR) is 190 cm³/mol. The van der Waals surface area contributed by atoms with Gasteiger partial charge in [-0.2, -0.15) is 0 Å². The molecule has 2 unspecified atom stereocenters. The van der Waals surface area contributed by atoms with Crippen LogP contribution in [0.3, 0.4) is 0 Å². The van der Waals surface area contributed by atoms with Gasteiger partial charge in [0.05, 0.1) is 18.1 Å². The van der Waals surface area contributed by atoms with Gasteiger partial charge in [-0.1, -0.05) is 35.9 Å². The number of aryl methyl sites for hydroxylation is 2. The molecule has 2 aromatic heterocycles. The van der Waals surface area contributed by atoms with Crippen LogP contribution in [-0.4, -0.2) is 63.8 Å². The molecule has 4 aromatic rings. The van der Waals surface area contributed by atoms with Crippen LogP contribution in [0.5, 0.6) is 5.75 Å². The molecule has 4 amide bonds. The molecule has 0 radical (unpaired) electrons. The molecule has 2 atom stereocenters. The quantitative estimate of drug-likeness (QED) is 0.141. The van der Waals surface area contributed by atoms with Crippen LogP contribution in [0.1, 0.15) is 82.8 Å². The standard InChI is InChI=1S/C36H38ClN7O5S/c1-20-21(2)50-36-32(20)33(23-9-11-25(37)12-10-23)40-28(34-43-42-22(3)44(34)36)18-30(46)38-15-4-5-16-39-31(47)19-49-26-8-6-7-24(17-26)27-13-14-29(45)41-35(27)48/h6-12,17,27-28H,4-5,13-16,18-19H2,1-3H3,(H,38,46)(H,39,47)(H,41,45,48). The van der Waals surface area contributed by atoms with Crippen molar-refractivity contribution in [3.8, 4) is 10.8 Å². The number of amides is 4. The number of benzene rings is 2. The van der Waals surface area contributed by atoms with Gasteiger partial charge < -0.3 is 15.4 Å². The number of carbonyl (C=O) groups is 4. The lowest BCUT2D eigenvalue weighted by atomic mass is 9.90. The number of halogens is 1. The summed E-state index contributed by atoms with van der Waals surface area (Å²) in [6.45, 7) is 6.77. The molecule has 0 aliphatic carbocycles. The van der Waals surface area contributed by atoms with E-state index in [-0.39, 0.29) is 43.1 Å². The highest BCUT2D eigenvalue weighted by atomic mass is 35.5. The largest absolute Gasteiger partial charge is 0.484 e. The Morgan fingerprint density at radius 3 is 2.50 bits per heavy atom. The number of aromatic nitrogens is 3. The van der Waals surface area contributed by atoms with E-state index in [1.54, 1.807) is 29.5 Å². The van der Waals surface area contributed by atoms with E-state index in [0.717, 1.165) is 38.8 Å². The second kappa shape index (κ2) is 15.3. The Kier molecular flexibility index (Phi) is 10.7. The van der Waals surface area contributed by atoms with E-state index in [1.165, 1.54) is 4.88 Å². The summed E-state index contributed by atoms with van der Waals surface area (Å²) in [5.41, 5.74) is 4.58. The molecule has 2 aliphatic rings. The molecule has 2 aliphatic heterocycles. The van der Waals surface area contributed by atoms with Gasteiger partial charge in [-0.05, 0) is 75.4 Å². The van der Waals surface area contributed by atoms with Gasteiger partial charge in [0.2, 0.25) is 17.7 Å². The van der Waals surface area contributed by atoms with Crippen molar-refractivity contribution in [1.29, 1.82) is 0 Å². The molecule has 50 heavy (non-hydrogen) atoms. The minimum atomic E-state index is -0.551. The summed E-state index contributed by atoms with van der Waals surface area (Å²) < 4.78 is 7.67. The van der Waals surface area contributed by atoms with E-state index >= 15 is 0 Å². The SMILES string of the molecule is Cc1sc2c(c1C)C(c1ccc(Cl)cc1)=NC(CC(=O)NCCCCNC(=O)COc1cccc(C3CCC(=O)NC3=O)c1)c1nnc(C)n1-2. The highest BCUT2D eigenvalue weighted by molar-refractivity contribution is 7.15. The van der Waals surface area contributed by atoms with E-state index in [4.69, 9.17) is 21.3 Å². The van der Waals surface area contributed by atoms with Crippen molar-refractivity contribution in [3.63, 3.8) is 0 Å². The Balaban J connectivity index is 0.991. The van der Waals surface area contributed by atoms with Crippen molar-refractivity contribution in [1.82, 2.24) is 30.7 Å². The van der Waals surface area contributed by atoms with E-state index < -0.39 is 12.0 Å². The molecule has 2 aromatic carbocycles. The lowest BCUT2D eigenvalue weighted by Crippen LogP contribution is -2.39. The number of nitrogens with one attached hydrogen (secondary N) is 3. The van der Waals surface area contributed by atoms with Crippen molar-refractivity contribution in [2.45, 2.75) is 64.8 Å². The van der Waals surface area contributed by atoms with Gasteiger partial charge in [-0.15, -0.1) is 21.5 Å². The number of imide groups is 1. The first-order valence-electron chi connectivity index (χ1n) is 16.5. The number of nitrogens with zero attached hydrogens (tertiary/aromatic N) is 4. The van der Waals surface area contributed by atoms with Gasteiger partial charge in [0.15, 0.2) is 12.4 Å². The van der Waals surface area contributed by atoms with Crippen LogP contribution in [0.4, 0.5) is 0 Å². The first kappa shape index (κ1) is 35.0. The molecule has 12 nitrogen and oxygen atoms in total. The van der Waals surface area contributed by atoms with Crippen molar-refractivity contribution in [2.75, 3.05) is 19.7 Å². The zero-order valence-electron chi connectivity index (χ0n) is 28.0. The average molecular weight is 716 g/mol. The second-order valence-corrected chi connectivity index (χ2v) is 14.0. The van der Waals surface area contributed by atoms with Crippen LogP contribution < -0.4 is 20.7 Å². The zero-order valence-corrected chi connectivity index (χ0v) is 29.6. The summed E-state index contributed by atoms with van der Waals surface area (Å²) in [5.74, 6) is 0.372. The van der Waals surface area contributed by atoms with E-state index in [0.29, 0.717) is 48.9 Å². The number of carbonyl (C=O) groups excluding carboxylic acids is 4. The van der Waals surface area contributed by atoms with Gasteiger partial charge in [0.1, 0.15) is 22.6 Å². The third-order valence-corrected chi connectivity index (χ3v) is 10.3.